The van der Waals surface area contributed by atoms with Crippen molar-refractivity contribution >= 4 is 11.9 Å². The van der Waals surface area contributed by atoms with Crippen molar-refractivity contribution in [3.8, 4) is 0 Å². The van der Waals surface area contributed by atoms with Crippen molar-refractivity contribution in [3.63, 3.8) is 0 Å². The van der Waals surface area contributed by atoms with E-state index in [0.29, 0.717) is 0 Å². The molecule has 0 amide bonds. The topological polar surface area (TPSA) is 82.1 Å². The smallest absolute Gasteiger partial charge is 0.371 e. The van der Waals surface area contributed by atoms with Crippen LogP contribution < -0.4 is 0 Å². The molecule has 1 N–H and O–H groups in total. The third-order valence-corrected chi connectivity index (χ3v) is 3.68. The van der Waals surface area contributed by atoms with Crippen LogP contribution in [-0.2, 0) is 37.3 Å². The molecule has 1 atom stereocenters. The Morgan fingerprint density at radius 1 is 0.885 bits per heavy atom. The minimum absolute atomic E-state index is 0.0732. The van der Waals surface area contributed by atoms with Gasteiger partial charge in [-0.05, 0) is 25.0 Å². The Morgan fingerprint density at radius 3 is 1.88 bits per heavy atom. The maximum atomic E-state index is 12.1. The predicted octanol–water partition coefficient (Wildman–Crippen LogP) is 3.34. The Hall–Kier alpha value is -2.70. The van der Waals surface area contributed by atoms with Gasteiger partial charge in [-0.1, -0.05) is 59.7 Å². The van der Waals surface area contributed by atoms with Crippen molar-refractivity contribution in [3.05, 3.63) is 70.8 Å². The van der Waals surface area contributed by atoms with Crippen LogP contribution in [0.15, 0.2) is 48.5 Å². The summed E-state index contributed by atoms with van der Waals surface area (Å²) in [6.45, 7) is 4.10. The van der Waals surface area contributed by atoms with Gasteiger partial charge >= 0.3 is 11.9 Å². The third kappa shape index (κ3) is 6.66. The molecule has 0 fully saturated rings. The van der Waals surface area contributed by atoms with Crippen LogP contribution in [0.1, 0.15) is 28.7 Å². The SMILES string of the molecule is Cc1ccc(COOC(=O)[C@H](CC(=O)O)OCc2ccc(C)cc2)cc1. The molecule has 138 valence electrons. The zero-order valence-electron chi connectivity index (χ0n) is 14.8. The molecule has 6 heteroatoms. The van der Waals surface area contributed by atoms with E-state index in [1.54, 1.807) is 0 Å². The molecular formula is C20H22O6. The highest BCUT2D eigenvalue weighted by molar-refractivity contribution is 5.80. The number of carbonyl (C=O) groups excluding carboxylic acids is 1. The summed E-state index contributed by atoms with van der Waals surface area (Å²) < 4.78 is 5.42. The zero-order chi connectivity index (χ0) is 18.9. The van der Waals surface area contributed by atoms with E-state index in [4.69, 9.17) is 19.6 Å². The molecule has 6 nitrogen and oxygen atoms in total. The molecule has 0 aliphatic rings. The number of carbonyl (C=O) groups is 2. The second-order valence-corrected chi connectivity index (χ2v) is 6.03. The second-order valence-electron chi connectivity index (χ2n) is 6.03. The maximum absolute atomic E-state index is 12.1. The van der Waals surface area contributed by atoms with Gasteiger partial charge in [0.1, 0.15) is 6.61 Å². The lowest BCUT2D eigenvalue weighted by molar-refractivity contribution is -0.287. The quantitative estimate of drug-likeness (QED) is 0.547. The lowest BCUT2D eigenvalue weighted by atomic mass is 10.1. The Morgan fingerprint density at radius 2 is 1.38 bits per heavy atom. The summed E-state index contributed by atoms with van der Waals surface area (Å²) in [5.41, 5.74) is 3.87. The number of carboxylic acid groups (broad SMARTS) is 1. The van der Waals surface area contributed by atoms with Gasteiger partial charge in [0.25, 0.3) is 0 Å². The van der Waals surface area contributed by atoms with Crippen LogP contribution in [0.2, 0.25) is 0 Å². The summed E-state index contributed by atoms with van der Waals surface area (Å²) in [5, 5.41) is 8.97. The summed E-state index contributed by atoms with van der Waals surface area (Å²) >= 11 is 0. The number of aryl methyl sites for hydroxylation is 2. The van der Waals surface area contributed by atoms with Crippen molar-refractivity contribution in [2.24, 2.45) is 0 Å². The monoisotopic (exact) mass is 358 g/mol. The first-order valence-corrected chi connectivity index (χ1v) is 8.22. The number of ether oxygens (including phenoxy) is 1. The predicted molar refractivity (Wildman–Crippen MR) is 94.1 cm³/mol. The zero-order valence-corrected chi connectivity index (χ0v) is 14.8. The molecule has 0 saturated carbocycles. The molecule has 0 spiro atoms. The molecule has 2 aromatic carbocycles. The fourth-order valence-electron chi connectivity index (χ4n) is 2.14. The highest BCUT2D eigenvalue weighted by Crippen LogP contribution is 2.11. The first kappa shape index (κ1) is 19.6. The summed E-state index contributed by atoms with van der Waals surface area (Å²) in [6, 6.07) is 15.1. The largest absolute Gasteiger partial charge is 0.481 e. The van der Waals surface area contributed by atoms with Gasteiger partial charge in [0.15, 0.2) is 6.10 Å². The fourth-order valence-corrected chi connectivity index (χ4v) is 2.14. The van der Waals surface area contributed by atoms with Gasteiger partial charge < -0.3 is 9.84 Å². The van der Waals surface area contributed by atoms with Gasteiger partial charge in [-0.25, -0.2) is 4.79 Å². The lowest BCUT2D eigenvalue weighted by Gasteiger charge is -2.14. The number of rotatable bonds is 9. The van der Waals surface area contributed by atoms with E-state index in [1.807, 2.05) is 62.4 Å². The first-order valence-electron chi connectivity index (χ1n) is 8.22. The highest BCUT2D eigenvalue weighted by atomic mass is 17.2. The van der Waals surface area contributed by atoms with Crippen LogP contribution in [0.3, 0.4) is 0 Å². The lowest BCUT2D eigenvalue weighted by Crippen LogP contribution is -2.29. The van der Waals surface area contributed by atoms with Gasteiger partial charge in [-0.15, -0.1) is 0 Å². The van der Waals surface area contributed by atoms with Crippen molar-refractivity contribution in [2.75, 3.05) is 0 Å². The molecule has 0 aliphatic heterocycles. The minimum atomic E-state index is -1.24. The molecule has 0 radical (unpaired) electrons. The molecule has 26 heavy (non-hydrogen) atoms. The van der Waals surface area contributed by atoms with E-state index in [-0.39, 0.29) is 13.2 Å². The number of aliphatic carboxylic acids is 1. The summed E-state index contributed by atoms with van der Waals surface area (Å²) in [7, 11) is 0. The van der Waals surface area contributed by atoms with Gasteiger partial charge in [-0.3, -0.25) is 9.68 Å². The maximum Gasteiger partial charge on any atom is 0.371 e. The number of hydrogen-bond acceptors (Lipinski definition) is 5. The number of benzene rings is 2. The first-order chi connectivity index (χ1) is 12.4. The average molecular weight is 358 g/mol. The van der Waals surface area contributed by atoms with Crippen molar-refractivity contribution in [1.29, 1.82) is 0 Å². The molecule has 0 bridgehead atoms. The molecule has 0 unspecified atom stereocenters. The molecule has 0 heterocycles. The molecule has 2 rings (SSSR count). The Kier molecular flexibility index (Phi) is 7.32. The summed E-state index contributed by atoms with van der Waals surface area (Å²) in [4.78, 5) is 32.7. The van der Waals surface area contributed by atoms with Crippen LogP contribution in [0.25, 0.3) is 0 Å². The van der Waals surface area contributed by atoms with Crippen LogP contribution in [0.4, 0.5) is 0 Å². The minimum Gasteiger partial charge on any atom is -0.481 e. The average Bonchev–Trinajstić information content (AvgIpc) is 2.61. The van der Waals surface area contributed by atoms with E-state index in [9.17, 15) is 9.59 Å². The number of carboxylic acids is 1. The van der Waals surface area contributed by atoms with Crippen molar-refractivity contribution in [2.45, 2.75) is 39.6 Å². The van der Waals surface area contributed by atoms with Gasteiger partial charge in [0.2, 0.25) is 0 Å². The highest BCUT2D eigenvalue weighted by Gasteiger charge is 2.25. The second kappa shape index (κ2) is 9.70. The molecule has 0 aromatic heterocycles. The Labute approximate surface area is 152 Å². The molecule has 0 saturated heterocycles. The molecule has 2 aromatic rings. The van der Waals surface area contributed by atoms with E-state index in [1.165, 1.54) is 0 Å². The van der Waals surface area contributed by atoms with E-state index in [0.717, 1.165) is 22.3 Å². The van der Waals surface area contributed by atoms with Crippen molar-refractivity contribution in [1.82, 2.24) is 0 Å². The standard InChI is InChI=1S/C20H22O6/c1-14-3-7-16(8-4-14)12-24-18(11-19(21)22)20(23)26-25-13-17-9-5-15(2)6-10-17/h3-10,18H,11-13H2,1-2H3,(H,21,22)/t18-/m0/s1. The van der Waals surface area contributed by atoms with Crippen LogP contribution in [0.5, 0.6) is 0 Å². The van der Waals surface area contributed by atoms with Gasteiger partial charge in [0, 0.05) is 0 Å². The van der Waals surface area contributed by atoms with Crippen LogP contribution in [0, 0.1) is 13.8 Å². The van der Waals surface area contributed by atoms with E-state index >= 15 is 0 Å². The Balaban J connectivity index is 1.85. The van der Waals surface area contributed by atoms with Crippen LogP contribution >= 0.6 is 0 Å². The van der Waals surface area contributed by atoms with Gasteiger partial charge in [-0.2, -0.15) is 4.89 Å². The molecule has 0 aliphatic carbocycles. The molecular weight excluding hydrogens is 336 g/mol. The Bertz CT molecular complexity index is 721. The van der Waals surface area contributed by atoms with E-state index in [2.05, 4.69) is 0 Å². The van der Waals surface area contributed by atoms with Crippen molar-refractivity contribution < 1.29 is 29.2 Å². The van der Waals surface area contributed by atoms with E-state index < -0.39 is 24.5 Å². The summed E-state index contributed by atoms with van der Waals surface area (Å²) in [5.74, 6) is -2.03. The van der Waals surface area contributed by atoms with Gasteiger partial charge in [0.05, 0.1) is 13.0 Å². The summed E-state index contributed by atoms with van der Waals surface area (Å²) in [6.07, 6.45) is -1.75. The van der Waals surface area contributed by atoms with Crippen LogP contribution in [-0.4, -0.2) is 23.1 Å². The number of hydrogen-bond donors (Lipinski definition) is 1. The normalized spacial score (nSPS) is 11.8. The third-order valence-electron chi connectivity index (χ3n) is 3.68. The fraction of sp³-hybridized carbons (Fsp3) is 0.300.